The van der Waals surface area contributed by atoms with E-state index >= 15 is 0 Å². The van der Waals surface area contributed by atoms with E-state index in [1.807, 2.05) is 18.2 Å². The number of aromatic amines is 1. The minimum Gasteiger partial charge on any atom is -0.494 e. The molecule has 0 radical (unpaired) electrons. The molecule has 0 bridgehead atoms. The van der Waals surface area contributed by atoms with Crippen LogP contribution in [-0.4, -0.2) is 28.2 Å². The summed E-state index contributed by atoms with van der Waals surface area (Å²) in [6, 6.07) is 5.66. The zero-order valence-corrected chi connectivity index (χ0v) is 10.8. The Hall–Kier alpha value is -2.41. The minimum atomic E-state index is -0.244. The number of hydrogen-bond donors (Lipinski definition) is 2. The van der Waals surface area contributed by atoms with Gasteiger partial charge in [0.15, 0.2) is 5.13 Å². The summed E-state index contributed by atoms with van der Waals surface area (Å²) in [6.07, 6.45) is 2.99. The smallest absolute Gasteiger partial charge is 0.260 e. The number of H-pyrrole nitrogens is 1. The highest BCUT2D eigenvalue weighted by Gasteiger charge is 2.12. The van der Waals surface area contributed by atoms with E-state index in [4.69, 9.17) is 4.74 Å². The van der Waals surface area contributed by atoms with E-state index in [-0.39, 0.29) is 5.91 Å². The number of para-hydroxylation sites is 1. The van der Waals surface area contributed by atoms with Gasteiger partial charge in [-0.15, -0.1) is 0 Å². The SMILES string of the molecule is COc1cccc2sc(NC(=O)c3cn[nH]c3)nc12. The number of carbonyl (C=O) groups is 1. The first-order chi connectivity index (χ1) is 9.28. The van der Waals surface area contributed by atoms with Crippen molar-refractivity contribution in [3.8, 4) is 5.75 Å². The van der Waals surface area contributed by atoms with E-state index in [0.29, 0.717) is 16.4 Å². The van der Waals surface area contributed by atoms with Crippen molar-refractivity contribution in [1.29, 1.82) is 0 Å². The van der Waals surface area contributed by atoms with Crippen LogP contribution in [0.25, 0.3) is 10.2 Å². The van der Waals surface area contributed by atoms with Gasteiger partial charge in [0, 0.05) is 6.20 Å². The molecule has 0 spiro atoms. The van der Waals surface area contributed by atoms with Crippen LogP contribution < -0.4 is 10.1 Å². The number of ether oxygens (including phenoxy) is 1. The average Bonchev–Trinajstić information content (AvgIpc) is 3.06. The van der Waals surface area contributed by atoms with E-state index in [0.717, 1.165) is 10.2 Å². The van der Waals surface area contributed by atoms with Gasteiger partial charge in [-0.05, 0) is 12.1 Å². The van der Waals surface area contributed by atoms with Gasteiger partial charge < -0.3 is 4.74 Å². The Balaban J connectivity index is 1.92. The molecule has 0 aliphatic rings. The van der Waals surface area contributed by atoms with Crippen molar-refractivity contribution in [1.82, 2.24) is 15.2 Å². The first-order valence-electron chi connectivity index (χ1n) is 5.51. The molecule has 0 unspecified atom stereocenters. The van der Waals surface area contributed by atoms with Crippen LogP contribution in [0.5, 0.6) is 5.75 Å². The fourth-order valence-electron chi connectivity index (χ4n) is 1.69. The van der Waals surface area contributed by atoms with Crippen LogP contribution in [0.4, 0.5) is 5.13 Å². The number of benzene rings is 1. The first-order valence-corrected chi connectivity index (χ1v) is 6.33. The maximum absolute atomic E-state index is 11.9. The number of fused-ring (bicyclic) bond motifs is 1. The zero-order chi connectivity index (χ0) is 13.2. The fourth-order valence-corrected chi connectivity index (χ4v) is 2.56. The van der Waals surface area contributed by atoms with Crippen molar-refractivity contribution < 1.29 is 9.53 Å². The summed E-state index contributed by atoms with van der Waals surface area (Å²) in [5.41, 5.74) is 1.21. The highest BCUT2D eigenvalue weighted by atomic mass is 32.1. The van der Waals surface area contributed by atoms with Crippen molar-refractivity contribution in [2.24, 2.45) is 0 Å². The standard InChI is InChI=1S/C12H10N4O2S/c1-18-8-3-2-4-9-10(8)15-12(19-9)16-11(17)7-5-13-14-6-7/h2-6H,1H3,(H,13,14)(H,15,16,17). The third kappa shape index (κ3) is 2.15. The van der Waals surface area contributed by atoms with Crippen LogP contribution in [-0.2, 0) is 0 Å². The molecular weight excluding hydrogens is 264 g/mol. The van der Waals surface area contributed by atoms with E-state index in [9.17, 15) is 4.79 Å². The highest BCUT2D eigenvalue weighted by Crippen LogP contribution is 2.32. The topological polar surface area (TPSA) is 79.9 Å². The fraction of sp³-hybridized carbons (Fsp3) is 0.0833. The maximum atomic E-state index is 11.9. The molecule has 2 heterocycles. The lowest BCUT2D eigenvalue weighted by Crippen LogP contribution is -2.10. The molecule has 2 N–H and O–H groups in total. The summed E-state index contributed by atoms with van der Waals surface area (Å²) in [5, 5.41) is 9.60. The van der Waals surface area contributed by atoms with Crippen molar-refractivity contribution >= 4 is 32.6 Å². The van der Waals surface area contributed by atoms with E-state index in [1.54, 1.807) is 7.11 Å². The second kappa shape index (κ2) is 4.69. The zero-order valence-electron chi connectivity index (χ0n) is 10.0. The van der Waals surface area contributed by atoms with Gasteiger partial charge >= 0.3 is 0 Å². The van der Waals surface area contributed by atoms with Crippen LogP contribution in [0.15, 0.2) is 30.6 Å². The molecule has 0 atom stereocenters. The normalized spacial score (nSPS) is 10.6. The van der Waals surface area contributed by atoms with Crippen molar-refractivity contribution in [3.63, 3.8) is 0 Å². The summed E-state index contributed by atoms with van der Waals surface area (Å²) in [4.78, 5) is 16.2. The Labute approximate surface area is 112 Å². The lowest BCUT2D eigenvalue weighted by Gasteiger charge is -1.98. The van der Waals surface area contributed by atoms with Crippen molar-refractivity contribution in [3.05, 3.63) is 36.2 Å². The number of methoxy groups -OCH3 is 1. The molecule has 1 amide bonds. The molecule has 0 aliphatic carbocycles. The second-order valence-electron chi connectivity index (χ2n) is 3.77. The van der Waals surface area contributed by atoms with Gasteiger partial charge in [-0.3, -0.25) is 15.2 Å². The molecule has 2 aromatic heterocycles. The number of aromatic nitrogens is 3. The van der Waals surface area contributed by atoms with Crippen molar-refractivity contribution in [2.45, 2.75) is 0 Å². The van der Waals surface area contributed by atoms with Gasteiger partial charge in [-0.25, -0.2) is 4.98 Å². The van der Waals surface area contributed by atoms with E-state index in [2.05, 4.69) is 20.5 Å². The number of rotatable bonds is 3. The highest BCUT2D eigenvalue weighted by molar-refractivity contribution is 7.22. The number of thiazole rings is 1. The summed E-state index contributed by atoms with van der Waals surface area (Å²) in [7, 11) is 1.60. The molecule has 1 aromatic carbocycles. The van der Waals surface area contributed by atoms with Gasteiger partial charge in [-0.2, -0.15) is 5.10 Å². The molecule has 7 heteroatoms. The first kappa shape index (κ1) is 11.7. The van der Waals surface area contributed by atoms with Gasteiger partial charge in [0.1, 0.15) is 11.3 Å². The number of nitrogens with zero attached hydrogens (tertiary/aromatic N) is 2. The van der Waals surface area contributed by atoms with Crippen LogP contribution >= 0.6 is 11.3 Å². The van der Waals surface area contributed by atoms with Gasteiger partial charge in [-0.1, -0.05) is 17.4 Å². The van der Waals surface area contributed by atoms with Crippen LogP contribution in [0.2, 0.25) is 0 Å². The van der Waals surface area contributed by atoms with E-state index in [1.165, 1.54) is 23.7 Å². The minimum absolute atomic E-state index is 0.244. The Morgan fingerprint density at radius 3 is 3.11 bits per heavy atom. The molecular formula is C12H10N4O2S. The molecule has 0 saturated carbocycles. The largest absolute Gasteiger partial charge is 0.494 e. The van der Waals surface area contributed by atoms with Gasteiger partial charge in [0.25, 0.3) is 5.91 Å². The number of hydrogen-bond acceptors (Lipinski definition) is 5. The number of carbonyl (C=O) groups excluding carboxylic acids is 1. The van der Waals surface area contributed by atoms with E-state index < -0.39 is 0 Å². The average molecular weight is 274 g/mol. The summed E-state index contributed by atoms with van der Waals surface area (Å²) in [6.45, 7) is 0. The van der Waals surface area contributed by atoms with Crippen LogP contribution in [0, 0.1) is 0 Å². The quantitative estimate of drug-likeness (QED) is 0.768. The third-order valence-corrected chi connectivity index (χ3v) is 3.52. The predicted octanol–water partition coefficient (Wildman–Crippen LogP) is 2.28. The number of anilines is 1. The molecule has 3 rings (SSSR count). The monoisotopic (exact) mass is 274 g/mol. The summed E-state index contributed by atoms with van der Waals surface area (Å²) in [5.74, 6) is 0.448. The summed E-state index contributed by atoms with van der Waals surface area (Å²) < 4.78 is 6.19. The molecule has 3 aromatic rings. The summed E-state index contributed by atoms with van der Waals surface area (Å²) >= 11 is 1.40. The Morgan fingerprint density at radius 1 is 1.47 bits per heavy atom. The second-order valence-corrected chi connectivity index (χ2v) is 4.80. The van der Waals surface area contributed by atoms with Crippen LogP contribution in [0.3, 0.4) is 0 Å². The van der Waals surface area contributed by atoms with Crippen molar-refractivity contribution in [2.75, 3.05) is 12.4 Å². The lowest BCUT2D eigenvalue weighted by atomic mass is 10.3. The molecule has 0 aliphatic heterocycles. The van der Waals surface area contributed by atoms with Gasteiger partial charge in [0.05, 0.1) is 23.6 Å². The molecule has 6 nitrogen and oxygen atoms in total. The molecule has 19 heavy (non-hydrogen) atoms. The Morgan fingerprint density at radius 2 is 2.37 bits per heavy atom. The number of nitrogens with one attached hydrogen (secondary N) is 2. The van der Waals surface area contributed by atoms with Crippen LogP contribution in [0.1, 0.15) is 10.4 Å². The number of amides is 1. The van der Waals surface area contributed by atoms with Gasteiger partial charge in [0.2, 0.25) is 0 Å². The third-order valence-electron chi connectivity index (χ3n) is 2.58. The Bertz CT molecular complexity index is 720. The maximum Gasteiger partial charge on any atom is 0.260 e. The Kier molecular flexibility index (Phi) is 2.88. The molecule has 0 saturated heterocycles. The lowest BCUT2D eigenvalue weighted by molar-refractivity contribution is 0.102. The molecule has 0 fully saturated rings. The molecule has 96 valence electrons. The predicted molar refractivity (Wildman–Crippen MR) is 72.7 cm³/mol.